The smallest absolute Gasteiger partial charge is 0.305 e. The van der Waals surface area contributed by atoms with Gasteiger partial charge in [-0.15, -0.1) is 0 Å². The molecule has 0 saturated heterocycles. The molecule has 0 aromatic rings. The number of hydrogen-bond acceptors (Lipinski definition) is 5. The SMILES string of the molecule is CCCCCCCCCCCOC(=O)CCCCCN(CCCCCOC(=O)CCC(CCCCCC)CCCCCC)C(C)C. The summed E-state index contributed by atoms with van der Waals surface area (Å²) < 4.78 is 11.1. The largest absolute Gasteiger partial charge is 0.466 e. The van der Waals surface area contributed by atoms with Gasteiger partial charge in [0.05, 0.1) is 13.2 Å². The number of carbonyl (C=O) groups is 2. The van der Waals surface area contributed by atoms with E-state index in [0.717, 1.165) is 64.5 Å². The maximum atomic E-state index is 12.4. The summed E-state index contributed by atoms with van der Waals surface area (Å²) in [6.45, 7) is 14.7. The van der Waals surface area contributed by atoms with Crippen molar-refractivity contribution in [2.24, 2.45) is 5.92 Å². The quantitative estimate of drug-likeness (QED) is 0.0498. The van der Waals surface area contributed by atoms with Gasteiger partial charge >= 0.3 is 11.9 Å². The monoisotopic (exact) mass is 652 g/mol. The molecule has 5 heteroatoms. The van der Waals surface area contributed by atoms with Crippen LogP contribution >= 0.6 is 0 Å². The molecule has 0 saturated carbocycles. The third-order valence-corrected chi connectivity index (χ3v) is 9.61. The fourth-order valence-electron chi connectivity index (χ4n) is 6.39. The van der Waals surface area contributed by atoms with Gasteiger partial charge in [0.2, 0.25) is 0 Å². The first-order chi connectivity index (χ1) is 22.4. The van der Waals surface area contributed by atoms with Crippen LogP contribution in [0.2, 0.25) is 0 Å². The van der Waals surface area contributed by atoms with Crippen molar-refractivity contribution in [2.75, 3.05) is 26.3 Å². The Balaban J connectivity index is 3.87. The zero-order chi connectivity index (χ0) is 33.9. The Morgan fingerprint density at radius 3 is 1.33 bits per heavy atom. The first-order valence-corrected chi connectivity index (χ1v) is 20.5. The lowest BCUT2D eigenvalue weighted by molar-refractivity contribution is -0.145. The van der Waals surface area contributed by atoms with Crippen LogP contribution in [0.4, 0.5) is 0 Å². The summed E-state index contributed by atoms with van der Waals surface area (Å²) in [5, 5.41) is 0. The molecule has 0 aliphatic heterocycles. The molecule has 0 unspecified atom stereocenters. The van der Waals surface area contributed by atoms with Crippen LogP contribution < -0.4 is 0 Å². The minimum atomic E-state index is -0.0226. The molecular weight excluding hydrogens is 570 g/mol. The van der Waals surface area contributed by atoms with Crippen LogP contribution in [0.25, 0.3) is 0 Å². The van der Waals surface area contributed by atoms with Crippen LogP contribution in [0, 0.1) is 5.92 Å². The molecule has 0 aliphatic carbocycles. The fraction of sp³-hybridized carbons (Fsp3) is 0.951. The zero-order valence-corrected chi connectivity index (χ0v) is 31.9. The Bertz CT molecular complexity index is 640. The molecule has 274 valence electrons. The van der Waals surface area contributed by atoms with Crippen LogP contribution in [-0.4, -0.2) is 49.2 Å². The summed E-state index contributed by atoms with van der Waals surface area (Å²) in [7, 11) is 0. The minimum absolute atomic E-state index is 0.00306. The highest BCUT2D eigenvalue weighted by Gasteiger charge is 2.13. The van der Waals surface area contributed by atoms with Crippen molar-refractivity contribution < 1.29 is 19.1 Å². The van der Waals surface area contributed by atoms with Crippen LogP contribution in [0.1, 0.15) is 214 Å². The lowest BCUT2D eigenvalue weighted by Crippen LogP contribution is -2.32. The van der Waals surface area contributed by atoms with Gasteiger partial charge in [0.15, 0.2) is 0 Å². The molecule has 0 aliphatic rings. The fourth-order valence-corrected chi connectivity index (χ4v) is 6.39. The number of carbonyl (C=O) groups excluding carboxylic acids is 2. The second kappa shape index (κ2) is 35.2. The van der Waals surface area contributed by atoms with E-state index in [1.165, 1.54) is 116 Å². The van der Waals surface area contributed by atoms with Crippen molar-refractivity contribution >= 4 is 11.9 Å². The summed E-state index contributed by atoms with van der Waals surface area (Å²) in [6, 6.07) is 0.524. The topological polar surface area (TPSA) is 55.8 Å². The lowest BCUT2D eigenvalue weighted by atomic mass is 9.90. The lowest BCUT2D eigenvalue weighted by Gasteiger charge is -2.26. The molecule has 0 fully saturated rings. The summed E-state index contributed by atoms with van der Waals surface area (Å²) in [4.78, 5) is 27.0. The van der Waals surface area contributed by atoms with Gasteiger partial charge in [-0.05, 0) is 77.8 Å². The number of unbranched alkanes of at least 4 members (excludes halogenated alkanes) is 18. The van der Waals surface area contributed by atoms with Gasteiger partial charge in [-0.1, -0.05) is 143 Å². The maximum Gasteiger partial charge on any atom is 0.305 e. The highest BCUT2D eigenvalue weighted by Crippen LogP contribution is 2.23. The molecule has 0 N–H and O–H groups in total. The summed E-state index contributed by atoms with van der Waals surface area (Å²) in [5.74, 6) is 0.667. The number of hydrogen-bond donors (Lipinski definition) is 0. The third-order valence-electron chi connectivity index (χ3n) is 9.61. The van der Waals surface area contributed by atoms with E-state index in [2.05, 4.69) is 39.5 Å². The van der Waals surface area contributed by atoms with Crippen LogP contribution in [0.5, 0.6) is 0 Å². The summed E-state index contributed by atoms with van der Waals surface area (Å²) >= 11 is 0. The molecule has 0 atom stereocenters. The average Bonchev–Trinajstić information content (AvgIpc) is 3.04. The van der Waals surface area contributed by atoms with Crippen molar-refractivity contribution in [1.29, 1.82) is 0 Å². The van der Waals surface area contributed by atoms with E-state index in [1.54, 1.807) is 0 Å². The second-order valence-corrected chi connectivity index (χ2v) is 14.4. The van der Waals surface area contributed by atoms with Crippen molar-refractivity contribution in [3.63, 3.8) is 0 Å². The summed E-state index contributed by atoms with van der Waals surface area (Å²) in [5.41, 5.74) is 0. The van der Waals surface area contributed by atoms with E-state index >= 15 is 0 Å². The van der Waals surface area contributed by atoms with E-state index in [-0.39, 0.29) is 11.9 Å². The van der Waals surface area contributed by atoms with Gasteiger partial charge in [0.1, 0.15) is 0 Å². The van der Waals surface area contributed by atoms with Crippen molar-refractivity contribution in [3.8, 4) is 0 Å². The zero-order valence-electron chi connectivity index (χ0n) is 31.9. The Morgan fingerprint density at radius 1 is 0.457 bits per heavy atom. The molecule has 0 aromatic heterocycles. The first-order valence-electron chi connectivity index (χ1n) is 20.5. The van der Waals surface area contributed by atoms with E-state index in [1.807, 2.05) is 0 Å². The highest BCUT2D eigenvalue weighted by molar-refractivity contribution is 5.69. The van der Waals surface area contributed by atoms with E-state index in [9.17, 15) is 9.59 Å². The normalized spacial score (nSPS) is 11.7. The Morgan fingerprint density at radius 2 is 0.848 bits per heavy atom. The van der Waals surface area contributed by atoms with E-state index < -0.39 is 0 Å². The van der Waals surface area contributed by atoms with Gasteiger partial charge in [-0.25, -0.2) is 0 Å². The predicted octanol–water partition coefficient (Wildman–Crippen LogP) is 12.4. The van der Waals surface area contributed by atoms with Gasteiger partial charge in [0, 0.05) is 18.9 Å². The molecule has 5 nitrogen and oxygen atoms in total. The molecule has 0 radical (unpaired) electrons. The Hall–Kier alpha value is -1.10. The van der Waals surface area contributed by atoms with Crippen LogP contribution in [-0.2, 0) is 19.1 Å². The number of rotatable bonds is 36. The van der Waals surface area contributed by atoms with Crippen molar-refractivity contribution in [3.05, 3.63) is 0 Å². The maximum absolute atomic E-state index is 12.4. The minimum Gasteiger partial charge on any atom is -0.466 e. The predicted molar refractivity (Wildman–Crippen MR) is 198 cm³/mol. The van der Waals surface area contributed by atoms with Crippen molar-refractivity contribution in [1.82, 2.24) is 4.90 Å². The Labute approximate surface area is 288 Å². The summed E-state index contributed by atoms with van der Waals surface area (Å²) in [6.07, 6.45) is 33.0. The molecule has 0 bridgehead atoms. The van der Waals surface area contributed by atoms with Gasteiger partial charge in [-0.3, -0.25) is 9.59 Å². The second-order valence-electron chi connectivity index (χ2n) is 14.4. The van der Waals surface area contributed by atoms with Crippen molar-refractivity contribution in [2.45, 2.75) is 220 Å². The third kappa shape index (κ3) is 31.5. The van der Waals surface area contributed by atoms with Gasteiger partial charge in [0.25, 0.3) is 0 Å². The van der Waals surface area contributed by atoms with Crippen LogP contribution in [0.15, 0.2) is 0 Å². The van der Waals surface area contributed by atoms with E-state index in [0.29, 0.717) is 38.0 Å². The van der Waals surface area contributed by atoms with Crippen LogP contribution in [0.3, 0.4) is 0 Å². The Kier molecular flexibility index (Phi) is 34.4. The number of esters is 2. The molecule has 46 heavy (non-hydrogen) atoms. The number of ether oxygens (including phenoxy) is 2. The van der Waals surface area contributed by atoms with E-state index in [4.69, 9.17) is 9.47 Å². The molecule has 0 aromatic carbocycles. The molecule has 0 spiro atoms. The molecule has 0 amide bonds. The molecule has 0 heterocycles. The highest BCUT2D eigenvalue weighted by atomic mass is 16.5. The average molecular weight is 652 g/mol. The van der Waals surface area contributed by atoms with Gasteiger partial charge < -0.3 is 14.4 Å². The standard InChI is InChI=1S/C41H81NO4/c1-6-9-12-15-16-17-18-19-27-36-45-40(43)31-24-20-25-34-42(38(4)5)35-26-21-28-37-46-41(44)33-32-39(29-22-13-10-7-2)30-23-14-11-8-3/h38-39H,6-37H2,1-5H3. The first kappa shape index (κ1) is 44.9. The van der Waals surface area contributed by atoms with Gasteiger partial charge in [-0.2, -0.15) is 0 Å². The number of nitrogens with zero attached hydrogens (tertiary/aromatic N) is 1. The molecule has 0 rings (SSSR count). The molecular formula is C41H81NO4.